The summed E-state index contributed by atoms with van der Waals surface area (Å²) in [5.74, 6) is -2.35. The molecule has 0 aromatic carbocycles. The maximum Gasteiger partial charge on any atom is 0.320 e. The van der Waals surface area contributed by atoms with Gasteiger partial charge in [0.05, 0.1) is 5.75 Å². The van der Waals surface area contributed by atoms with Crippen LogP contribution in [0.4, 0.5) is 0 Å². The van der Waals surface area contributed by atoms with E-state index in [2.05, 4.69) is 4.72 Å². The van der Waals surface area contributed by atoms with E-state index in [9.17, 15) is 21.6 Å². The lowest BCUT2D eigenvalue weighted by Gasteiger charge is -2.30. The summed E-state index contributed by atoms with van der Waals surface area (Å²) in [6.45, 7) is 1.79. The summed E-state index contributed by atoms with van der Waals surface area (Å²) in [7, 11) is -7.10. The summed E-state index contributed by atoms with van der Waals surface area (Å²) in [5.41, 5.74) is 0. The first-order valence-corrected chi connectivity index (χ1v) is 9.12. The van der Waals surface area contributed by atoms with Gasteiger partial charge < -0.3 is 5.11 Å². The van der Waals surface area contributed by atoms with Crippen LogP contribution in [0.5, 0.6) is 0 Å². The molecule has 0 spiro atoms. The molecule has 0 atom stereocenters. The maximum atomic E-state index is 11.7. The van der Waals surface area contributed by atoms with Crippen molar-refractivity contribution in [3.05, 3.63) is 0 Å². The molecule has 0 saturated carbocycles. The fourth-order valence-corrected chi connectivity index (χ4v) is 4.01. The molecule has 0 unspecified atom stereocenters. The number of carboxylic acid groups (broad SMARTS) is 1. The van der Waals surface area contributed by atoms with E-state index in [0.717, 1.165) is 4.31 Å². The molecule has 1 rings (SSSR count). The molecular formula is C9H18N2O6S2. The first kappa shape index (κ1) is 16.3. The Morgan fingerprint density at radius 2 is 1.79 bits per heavy atom. The Bertz CT molecular complexity index is 519. The third-order valence-corrected chi connectivity index (χ3v) is 6.10. The second-order valence-corrected chi connectivity index (χ2v) is 8.36. The fraction of sp³-hybridized carbons (Fsp3) is 0.889. The lowest BCUT2D eigenvalue weighted by atomic mass is 10.1. The van der Waals surface area contributed by atoms with Crippen LogP contribution in [0.15, 0.2) is 0 Å². The third kappa shape index (κ3) is 5.05. The maximum absolute atomic E-state index is 11.7. The number of nitrogens with one attached hydrogen (secondary N) is 1. The zero-order valence-electron chi connectivity index (χ0n) is 10.6. The highest BCUT2D eigenvalue weighted by molar-refractivity contribution is 7.90. The van der Waals surface area contributed by atoms with Crippen LogP contribution >= 0.6 is 0 Å². The largest absolute Gasteiger partial charge is 0.480 e. The number of hydrogen-bond donors (Lipinski definition) is 2. The van der Waals surface area contributed by atoms with Crippen molar-refractivity contribution >= 4 is 26.0 Å². The smallest absolute Gasteiger partial charge is 0.320 e. The number of carbonyl (C=O) groups is 1. The SMILES string of the molecule is CCS(=O)(=O)NC1CCN(S(=O)(=O)CC(=O)O)CC1. The molecule has 1 heterocycles. The van der Waals surface area contributed by atoms with Gasteiger partial charge in [-0.15, -0.1) is 0 Å². The number of carboxylic acids is 1. The molecule has 10 heteroatoms. The molecule has 0 aliphatic carbocycles. The van der Waals surface area contributed by atoms with Crippen LogP contribution in [0.3, 0.4) is 0 Å². The van der Waals surface area contributed by atoms with E-state index in [1.165, 1.54) is 6.92 Å². The molecule has 0 radical (unpaired) electrons. The molecule has 1 aliphatic heterocycles. The second kappa shape index (κ2) is 6.16. The van der Waals surface area contributed by atoms with Crippen LogP contribution in [0.1, 0.15) is 19.8 Å². The van der Waals surface area contributed by atoms with Crippen molar-refractivity contribution in [2.24, 2.45) is 0 Å². The summed E-state index contributed by atoms with van der Waals surface area (Å²) >= 11 is 0. The minimum Gasteiger partial charge on any atom is -0.480 e. The predicted octanol–water partition coefficient (Wildman–Crippen LogP) is -1.20. The molecule has 0 aromatic heterocycles. The minimum absolute atomic E-state index is 0.0233. The number of hydrogen-bond acceptors (Lipinski definition) is 5. The Morgan fingerprint density at radius 3 is 2.21 bits per heavy atom. The van der Waals surface area contributed by atoms with E-state index in [1.54, 1.807) is 0 Å². The van der Waals surface area contributed by atoms with E-state index in [-0.39, 0.29) is 24.9 Å². The van der Waals surface area contributed by atoms with Crippen LogP contribution in [-0.2, 0) is 24.8 Å². The summed E-state index contributed by atoms with van der Waals surface area (Å²) in [6, 6.07) is -0.291. The van der Waals surface area contributed by atoms with E-state index in [0.29, 0.717) is 12.8 Å². The quantitative estimate of drug-likeness (QED) is 0.635. The van der Waals surface area contributed by atoms with Gasteiger partial charge in [-0.2, -0.15) is 0 Å². The van der Waals surface area contributed by atoms with Gasteiger partial charge in [0, 0.05) is 19.1 Å². The number of aliphatic carboxylic acids is 1. The van der Waals surface area contributed by atoms with Gasteiger partial charge in [-0.1, -0.05) is 0 Å². The Morgan fingerprint density at radius 1 is 1.26 bits per heavy atom. The monoisotopic (exact) mass is 314 g/mol. The normalized spacial score (nSPS) is 19.4. The third-order valence-electron chi connectivity index (χ3n) is 2.88. The van der Waals surface area contributed by atoms with Crippen LogP contribution in [-0.4, -0.2) is 62.9 Å². The number of nitrogens with zero attached hydrogens (tertiary/aromatic N) is 1. The first-order chi connectivity index (χ1) is 8.66. The highest BCUT2D eigenvalue weighted by atomic mass is 32.2. The molecule has 8 nitrogen and oxygen atoms in total. The van der Waals surface area contributed by atoms with Gasteiger partial charge in [-0.25, -0.2) is 25.9 Å². The van der Waals surface area contributed by atoms with Gasteiger partial charge in [0.25, 0.3) is 0 Å². The Labute approximate surface area is 112 Å². The first-order valence-electron chi connectivity index (χ1n) is 5.86. The number of sulfonamides is 2. The Kier molecular flexibility index (Phi) is 5.30. The lowest BCUT2D eigenvalue weighted by Crippen LogP contribution is -2.47. The summed E-state index contributed by atoms with van der Waals surface area (Å²) < 4.78 is 49.6. The summed E-state index contributed by atoms with van der Waals surface area (Å²) in [4.78, 5) is 10.5. The van der Waals surface area contributed by atoms with E-state index in [4.69, 9.17) is 5.11 Å². The fourth-order valence-electron chi connectivity index (χ4n) is 1.84. The number of rotatable bonds is 6. The van der Waals surface area contributed by atoms with E-state index < -0.39 is 31.8 Å². The van der Waals surface area contributed by atoms with Crippen LogP contribution < -0.4 is 4.72 Å². The van der Waals surface area contributed by atoms with E-state index >= 15 is 0 Å². The molecule has 0 aromatic rings. The van der Waals surface area contributed by atoms with Crippen molar-refractivity contribution in [1.29, 1.82) is 0 Å². The second-order valence-electron chi connectivity index (χ2n) is 4.34. The van der Waals surface area contributed by atoms with Gasteiger partial charge >= 0.3 is 5.97 Å². The highest BCUT2D eigenvalue weighted by Gasteiger charge is 2.30. The van der Waals surface area contributed by atoms with Crippen LogP contribution in [0, 0.1) is 0 Å². The van der Waals surface area contributed by atoms with Gasteiger partial charge in [0.15, 0.2) is 5.75 Å². The van der Waals surface area contributed by atoms with Crippen molar-refractivity contribution in [3.8, 4) is 0 Å². The average molecular weight is 314 g/mol. The average Bonchev–Trinajstić information content (AvgIpc) is 2.27. The van der Waals surface area contributed by atoms with E-state index in [1.807, 2.05) is 0 Å². The van der Waals surface area contributed by atoms with Crippen molar-refractivity contribution in [1.82, 2.24) is 9.03 Å². The lowest BCUT2D eigenvalue weighted by molar-refractivity contribution is -0.134. The molecule has 1 aliphatic rings. The zero-order chi connectivity index (χ0) is 14.7. The zero-order valence-corrected chi connectivity index (χ0v) is 12.2. The highest BCUT2D eigenvalue weighted by Crippen LogP contribution is 2.15. The molecule has 19 heavy (non-hydrogen) atoms. The molecule has 1 saturated heterocycles. The molecule has 0 amide bonds. The van der Waals surface area contributed by atoms with Crippen molar-refractivity contribution < 1.29 is 26.7 Å². The summed E-state index contributed by atoms with van der Waals surface area (Å²) in [6.07, 6.45) is 0.691. The Hall–Kier alpha value is -0.710. The standard InChI is InChI=1S/C9H18N2O6S2/c1-2-18(14,15)10-8-3-5-11(6-4-8)19(16,17)7-9(12)13/h8,10H,2-7H2,1H3,(H,12,13). The van der Waals surface area contributed by atoms with Gasteiger partial charge in [-0.3, -0.25) is 4.79 Å². The van der Waals surface area contributed by atoms with Gasteiger partial charge in [0.2, 0.25) is 20.0 Å². The van der Waals surface area contributed by atoms with Crippen LogP contribution in [0.2, 0.25) is 0 Å². The van der Waals surface area contributed by atoms with Crippen molar-refractivity contribution in [2.75, 3.05) is 24.6 Å². The predicted molar refractivity (Wildman–Crippen MR) is 68.6 cm³/mol. The van der Waals surface area contributed by atoms with Crippen molar-refractivity contribution in [3.63, 3.8) is 0 Å². The summed E-state index contributed by atoms with van der Waals surface area (Å²) in [5, 5.41) is 8.52. The Balaban J connectivity index is 2.56. The molecule has 112 valence electrons. The van der Waals surface area contributed by atoms with Gasteiger partial charge in [-0.05, 0) is 19.8 Å². The minimum atomic E-state index is -3.80. The molecule has 1 fully saturated rings. The molecule has 2 N–H and O–H groups in total. The number of piperidine rings is 1. The topological polar surface area (TPSA) is 121 Å². The van der Waals surface area contributed by atoms with Gasteiger partial charge in [0.1, 0.15) is 0 Å². The molecular weight excluding hydrogens is 296 g/mol. The van der Waals surface area contributed by atoms with Crippen LogP contribution in [0.25, 0.3) is 0 Å². The van der Waals surface area contributed by atoms with Crippen molar-refractivity contribution in [2.45, 2.75) is 25.8 Å². The molecule has 0 bridgehead atoms.